The number of nitrogens with two attached hydrogens (primary N) is 2. The minimum absolute atomic E-state index is 0. The predicted octanol–water partition coefficient (Wildman–Crippen LogP) is -7.47. The van der Waals surface area contributed by atoms with Crippen molar-refractivity contribution in [2.45, 2.75) is 35.5 Å². The van der Waals surface area contributed by atoms with Crippen LogP contribution >= 0.6 is 0 Å². The van der Waals surface area contributed by atoms with Gasteiger partial charge in [0.15, 0.2) is 0 Å². The fourth-order valence-corrected chi connectivity index (χ4v) is 3.70. The van der Waals surface area contributed by atoms with Gasteiger partial charge in [0.05, 0.1) is 32.9 Å². The molecule has 0 aliphatic carbocycles. The molecule has 22 heteroatoms. The van der Waals surface area contributed by atoms with Crippen LogP contribution in [0.3, 0.4) is 0 Å². The molecule has 2 rings (SSSR count). The van der Waals surface area contributed by atoms with E-state index < -0.39 is 76.2 Å². The van der Waals surface area contributed by atoms with E-state index in [1.165, 1.54) is 12.8 Å². The van der Waals surface area contributed by atoms with Gasteiger partial charge >= 0.3 is 71.1 Å². The second-order valence-electron chi connectivity index (χ2n) is 7.58. The predicted molar refractivity (Wildman–Crippen MR) is 140 cm³/mol. The molecular formula is C22H32N4Na2O14S2. The van der Waals surface area contributed by atoms with Crippen LogP contribution in [0, 0.1) is 0 Å². The minimum atomic E-state index is -4.92. The van der Waals surface area contributed by atoms with E-state index >= 15 is 0 Å². The first kappa shape index (κ1) is 51.6. The number of aromatic carboxylic acids is 4. The average Bonchev–Trinajstić information content (AvgIpc) is 2.85. The summed E-state index contributed by atoms with van der Waals surface area (Å²) in [6.07, 6.45) is 4.79. The molecule has 0 heterocycles. The summed E-state index contributed by atoms with van der Waals surface area (Å²) >= 11 is 0. The Morgan fingerprint density at radius 1 is 0.568 bits per heavy atom. The standard InChI is InChI=1S/2C8H6O7S.C6H16N2.2H3N.2Na/c2*9-7(10)4-1-5(8(11)12)3-6(2-4)16(13,14)15;7-5-3-1-2-4-6-8;;;;/h2*1-3H,(H,9,10)(H,11,12)(H,13,14,15);1-8H2;2*1H3;;/q;;;;;2*+1/p-2. The Kier molecular flexibility index (Phi) is 28.4. The Balaban J connectivity index is -0.000000174. The van der Waals surface area contributed by atoms with Gasteiger partial charge in [0.1, 0.15) is 20.2 Å². The topological polar surface area (TPSA) is 394 Å². The van der Waals surface area contributed by atoms with Gasteiger partial charge in [-0.05, 0) is 73.5 Å². The van der Waals surface area contributed by atoms with Crippen molar-refractivity contribution < 1.29 is 125 Å². The van der Waals surface area contributed by atoms with Gasteiger partial charge in [-0.2, -0.15) is 0 Å². The minimum Gasteiger partial charge on any atom is -0.744 e. The number of unbranched alkanes of at least 4 members (excludes halogenated alkanes) is 3. The number of rotatable bonds is 11. The maximum atomic E-state index is 10.6. The van der Waals surface area contributed by atoms with E-state index in [0.29, 0.717) is 36.4 Å². The summed E-state index contributed by atoms with van der Waals surface area (Å²) in [7, 11) is -9.84. The van der Waals surface area contributed by atoms with E-state index in [1.807, 2.05) is 0 Å². The van der Waals surface area contributed by atoms with Gasteiger partial charge in [0.2, 0.25) is 0 Å². The summed E-state index contributed by atoms with van der Waals surface area (Å²) in [6.45, 7) is 1.65. The zero-order chi connectivity index (χ0) is 31.3. The maximum absolute atomic E-state index is 10.6. The van der Waals surface area contributed by atoms with Gasteiger partial charge in [-0.1, -0.05) is 12.8 Å². The summed E-state index contributed by atoms with van der Waals surface area (Å²) in [5.74, 6) is -6.64. The van der Waals surface area contributed by atoms with Crippen LogP contribution in [-0.2, 0) is 20.2 Å². The van der Waals surface area contributed by atoms with Gasteiger partial charge in [0, 0.05) is 0 Å². The molecule has 0 saturated carbocycles. The van der Waals surface area contributed by atoms with Crippen molar-refractivity contribution in [3.63, 3.8) is 0 Å². The molecule has 14 N–H and O–H groups in total. The molecule has 0 bridgehead atoms. The van der Waals surface area contributed by atoms with E-state index in [9.17, 15) is 55.3 Å². The van der Waals surface area contributed by atoms with Crippen molar-refractivity contribution in [3.05, 3.63) is 58.7 Å². The number of carbonyl (C=O) groups excluding carboxylic acids is 2. The molecule has 0 unspecified atom stereocenters. The van der Waals surface area contributed by atoms with Crippen LogP contribution < -0.4 is 93.1 Å². The summed E-state index contributed by atoms with van der Waals surface area (Å²) in [6, 6.07) is 3.65. The molecule has 0 saturated heterocycles. The molecule has 0 radical (unpaired) electrons. The fourth-order valence-electron chi connectivity index (χ4n) is 2.61. The van der Waals surface area contributed by atoms with Crippen LogP contribution in [0.25, 0.3) is 0 Å². The third-order valence-corrected chi connectivity index (χ3v) is 6.14. The maximum Gasteiger partial charge on any atom is 1.00 e. The number of hydrogen-bond donors (Lipinski definition) is 6. The van der Waals surface area contributed by atoms with E-state index in [1.54, 1.807) is 0 Å². The molecule has 0 atom stereocenters. The fraction of sp³-hybridized carbons (Fsp3) is 0.273. The Hall–Kier alpha value is -2.02. The number of carbonyl (C=O) groups is 4. The number of benzene rings is 2. The third kappa shape index (κ3) is 20.1. The molecule has 2 aromatic carbocycles. The van der Waals surface area contributed by atoms with Crippen molar-refractivity contribution in [1.29, 1.82) is 0 Å². The molecule has 18 nitrogen and oxygen atoms in total. The van der Waals surface area contributed by atoms with Crippen LogP contribution in [0.2, 0.25) is 0 Å². The van der Waals surface area contributed by atoms with Gasteiger partial charge in [-0.25, -0.2) is 26.4 Å². The van der Waals surface area contributed by atoms with Gasteiger partial charge in [0.25, 0.3) is 0 Å². The monoisotopic (exact) mass is 686 g/mol. The zero-order valence-electron chi connectivity index (χ0n) is 24.5. The Morgan fingerprint density at radius 3 is 1.00 bits per heavy atom. The second kappa shape index (κ2) is 24.2. The first-order chi connectivity index (χ1) is 18.3. The van der Waals surface area contributed by atoms with E-state index in [2.05, 4.69) is 0 Å². The normalized spacial score (nSPS) is 9.82. The Bertz CT molecular complexity index is 1280. The smallest absolute Gasteiger partial charge is 0.744 e. The van der Waals surface area contributed by atoms with Crippen LogP contribution in [-0.4, -0.2) is 73.1 Å². The van der Waals surface area contributed by atoms with Crippen molar-refractivity contribution >= 4 is 44.1 Å². The Morgan fingerprint density at radius 2 is 0.818 bits per heavy atom. The summed E-state index contributed by atoms with van der Waals surface area (Å²) in [5.41, 5.74) is 7.96. The van der Waals surface area contributed by atoms with Crippen molar-refractivity contribution in [2.24, 2.45) is 11.5 Å². The molecule has 44 heavy (non-hydrogen) atoms. The van der Waals surface area contributed by atoms with Crippen molar-refractivity contribution in [3.8, 4) is 0 Å². The van der Waals surface area contributed by atoms with Gasteiger partial charge < -0.3 is 62.9 Å². The molecule has 0 aromatic heterocycles. The van der Waals surface area contributed by atoms with E-state index in [0.717, 1.165) is 25.9 Å². The number of carboxylic acid groups (broad SMARTS) is 4. The molecule has 0 aliphatic rings. The third-order valence-electron chi connectivity index (χ3n) is 4.51. The average molecular weight is 687 g/mol. The molecular weight excluding hydrogens is 654 g/mol. The Labute approximate surface area is 297 Å². The van der Waals surface area contributed by atoms with Crippen molar-refractivity contribution in [1.82, 2.24) is 12.3 Å². The SMILES string of the molecule is NCCCCCCN.O=C([O-])c1cc(C(=O)O)cc(S(=O)(=O)[O-])c1.O=C([O-])c1cc(C(=O)O)cc(S(=O)(=O)[O-])c1.[NH4+].[NH4+].[Na+].[Na+]. The summed E-state index contributed by atoms with van der Waals surface area (Å²) in [5, 5.41) is 38.1. The van der Waals surface area contributed by atoms with Crippen molar-refractivity contribution in [2.75, 3.05) is 13.1 Å². The van der Waals surface area contributed by atoms with Crippen LogP contribution in [0.1, 0.15) is 67.1 Å². The van der Waals surface area contributed by atoms with Gasteiger partial charge in [-0.15, -0.1) is 0 Å². The summed E-state index contributed by atoms with van der Waals surface area (Å²) < 4.78 is 63.7. The van der Waals surface area contributed by atoms with E-state index in [4.69, 9.17) is 21.7 Å². The van der Waals surface area contributed by atoms with E-state index in [-0.39, 0.29) is 71.4 Å². The largest absolute Gasteiger partial charge is 1.00 e. The second-order valence-corrected chi connectivity index (χ2v) is 10.3. The first-order valence-electron chi connectivity index (χ1n) is 10.9. The molecule has 0 aliphatic heterocycles. The number of hydrogen-bond acceptors (Lipinski definition) is 14. The van der Waals surface area contributed by atoms with Crippen LogP contribution in [0.4, 0.5) is 0 Å². The quantitative estimate of drug-likeness (QED) is 0.0726. The summed E-state index contributed by atoms with van der Waals surface area (Å²) in [4.78, 5) is 40.1. The first-order valence-corrected chi connectivity index (χ1v) is 13.7. The molecule has 0 amide bonds. The molecule has 238 valence electrons. The number of quaternary nitrogens is 2. The van der Waals surface area contributed by atoms with Crippen LogP contribution in [0.5, 0.6) is 0 Å². The molecule has 0 spiro atoms. The zero-order valence-corrected chi connectivity index (χ0v) is 30.1. The molecule has 2 aromatic rings. The number of carboxylic acids is 4. The van der Waals surface area contributed by atoms with Gasteiger partial charge in [-0.3, -0.25) is 0 Å². The van der Waals surface area contributed by atoms with Crippen LogP contribution in [0.15, 0.2) is 46.2 Å². The molecule has 0 fully saturated rings.